The Bertz CT molecular complexity index is 463. The van der Waals surface area contributed by atoms with Crippen LogP contribution in [0.5, 0.6) is 0 Å². The standard InChI is InChI=1S/C21H38O5/c1-7-8-18-15(5)20(24)14(4)17(22)10-9-12(2)11-13(3)19(23)16(6)21(25)26-18/h12-16,18-20,23-24H,7-11H2,1-6H3. The van der Waals surface area contributed by atoms with E-state index in [1.165, 1.54) is 0 Å². The first-order chi connectivity index (χ1) is 12.1. The van der Waals surface area contributed by atoms with Gasteiger partial charge in [0.15, 0.2) is 0 Å². The third kappa shape index (κ3) is 6.05. The van der Waals surface area contributed by atoms with E-state index in [0.29, 0.717) is 12.8 Å². The average Bonchev–Trinajstić information content (AvgIpc) is 2.61. The first-order valence-corrected chi connectivity index (χ1v) is 10.2. The van der Waals surface area contributed by atoms with E-state index in [0.717, 1.165) is 19.3 Å². The summed E-state index contributed by atoms with van der Waals surface area (Å²) in [4.78, 5) is 25.1. The normalized spacial score (nSPS) is 41.4. The van der Waals surface area contributed by atoms with E-state index in [2.05, 4.69) is 6.92 Å². The van der Waals surface area contributed by atoms with Gasteiger partial charge in [0.05, 0.1) is 18.1 Å². The zero-order valence-corrected chi connectivity index (χ0v) is 17.3. The molecule has 1 saturated heterocycles. The topological polar surface area (TPSA) is 83.8 Å². The van der Waals surface area contributed by atoms with Crippen molar-refractivity contribution in [3.63, 3.8) is 0 Å². The monoisotopic (exact) mass is 370 g/mol. The Kier molecular flexibility index (Phi) is 9.25. The summed E-state index contributed by atoms with van der Waals surface area (Å²) in [6.45, 7) is 11.3. The summed E-state index contributed by atoms with van der Waals surface area (Å²) < 4.78 is 5.69. The zero-order valence-electron chi connectivity index (χ0n) is 17.3. The van der Waals surface area contributed by atoms with Gasteiger partial charge in [0.1, 0.15) is 11.9 Å². The number of hydrogen-bond donors (Lipinski definition) is 2. The van der Waals surface area contributed by atoms with Crippen molar-refractivity contribution in [3.05, 3.63) is 0 Å². The molecule has 0 spiro atoms. The number of carbonyl (C=O) groups is 2. The highest BCUT2D eigenvalue weighted by atomic mass is 16.5. The molecule has 1 aliphatic heterocycles. The molecule has 1 rings (SSSR count). The Morgan fingerprint density at radius 3 is 2.19 bits per heavy atom. The molecule has 0 bridgehead atoms. The second-order valence-corrected chi connectivity index (χ2v) is 8.50. The zero-order chi connectivity index (χ0) is 20.0. The van der Waals surface area contributed by atoms with Gasteiger partial charge in [0.2, 0.25) is 0 Å². The van der Waals surface area contributed by atoms with Crippen molar-refractivity contribution in [1.82, 2.24) is 0 Å². The molecule has 0 aromatic carbocycles. The molecule has 5 heteroatoms. The van der Waals surface area contributed by atoms with Crippen LogP contribution in [0.4, 0.5) is 0 Å². The maximum absolute atomic E-state index is 12.6. The highest BCUT2D eigenvalue weighted by Gasteiger charge is 2.36. The van der Waals surface area contributed by atoms with Crippen molar-refractivity contribution in [2.75, 3.05) is 0 Å². The molecule has 26 heavy (non-hydrogen) atoms. The molecule has 1 aliphatic rings. The molecular weight excluding hydrogens is 332 g/mol. The Morgan fingerprint density at radius 1 is 1.00 bits per heavy atom. The number of ether oxygens (including phenoxy) is 1. The fourth-order valence-electron chi connectivity index (χ4n) is 3.98. The van der Waals surface area contributed by atoms with Crippen LogP contribution in [-0.4, -0.2) is 40.3 Å². The minimum absolute atomic E-state index is 0.0457. The Labute approximate surface area is 158 Å². The Morgan fingerprint density at radius 2 is 1.62 bits per heavy atom. The number of carbonyl (C=O) groups excluding carboxylic acids is 2. The molecule has 0 radical (unpaired) electrons. The van der Waals surface area contributed by atoms with Gasteiger partial charge in [-0.1, -0.05) is 41.0 Å². The lowest BCUT2D eigenvalue weighted by molar-refractivity contribution is -0.165. The third-order valence-corrected chi connectivity index (χ3v) is 6.11. The molecule has 0 aromatic rings. The van der Waals surface area contributed by atoms with Gasteiger partial charge in [-0.2, -0.15) is 0 Å². The van der Waals surface area contributed by atoms with Crippen molar-refractivity contribution < 1.29 is 24.5 Å². The number of rotatable bonds is 2. The summed E-state index contributed by atoms with van der Waals surface area (Å²) >= 11 is 0. The summed E-state index contributed by atoms with van der Waals surface area (Å²) in [5.41, 5.74) is 0. The Balaban J connectivity index is 3.08. The van der Waals surface area contributed by atoms with E-state index >= 15 is 0 Å². The van der Waals surface area contributed by atoms with Crippen molar-refractivity contribution in [2.45, 2.75) is 92.0 Å². The molecule has 8 unspecified atom stereocenters. The fourth-order valence-corrected chi connectivity index (χ4v) is 3.98. The summed E-state index contributed by atoms with van der Waals surface area (Å²) in [5.74, 6) is -1.57. The van der Waals surface area contributed by atoms with Crippen molar-refractivity contribution in [2.24, 2.45) is 29.6 Å². The lowest BCUT2D eigenvalue weighted by Gasteiger charge is -2.33. The van der Waals surface area contributed by atoms with Crippen LogP contribution in [-0.2, 0) is 14.3 Å². The number of aliphatic hydroxyl groups excluding tert-OH is 2. The van der Waals surface area contributed by atoms with Gasteiger partial charge < -0.3 is 14.9 Å². The molecule has 5 nitrogen and oxygen atoms in total. The fraction of sp³-hybridized carbons (Fsp3) is 0.905. The summed E-state index contributed by atoms with van der Waals surface area (Å²) in [5, 5.41) is 21.2. The number of esters is 1. The molecule has 8 atom stereocenters. The molecule has 0 aliphatic carbocycles. The molecule has 0 amide bonds. The molecule has 1 fully saturated rings. The highest BCUT2D eigenvalue weighted by molar-refractivity contribution is 5.81. The summed E-state index contributed by atoms with van der Waals surface area (Å²) in [6.07, 6.45) is 1.28. The average molecular weight is 371 g/mol. The van der Waals surface area contributed by atoms with E-state index in [1.54, 1.807) is 13.8 Å². The molecule has 2 N–H and O–H groups in total. The number of hydrogen-bond acceptors (Lipinski definition) is 5. The molecule has 0 aromatic heterocycles. The molecule has 1 heterocycles. The molecular formula is C21H38O5. The summed E-state index contributed by atoms with van der Waals surface area (Å²) in [6, 6.07) is 0. The maximum atomic E-state index is 12.6. The number of aliphatic hydroxyl groups is 2. The molecule has 152 valence electrons. The lowest BCUT2D eigenvalue weighted by Crippen LogP contribution is -2.42. The van der Waals surface area contributed by atoms with Gasteiger partial charge >= 0.3 is 5.97 Å². The van der Waals surface area contributed by atoms with Gasteiger partial charge in [-0.05, 0) is 38.0 Å². The van der Waals surface area contributed by atoms with Crippen LogP contribution in [0.2, 0.25) is 0 Å². The van der Waals surface area contributed by atoms with Gasteiger partial charge in [0.25, 0.3) is 0 Å². The Hall–Kier alpha value is -0.940. The van der Waals surface area contributed by atoms with Gasteiger partial charge in [-0.3, -0.25) is 9.59 Å². The van der Waals surface area contributed by atoms with E-state index in [1.807, 2.05) is 20.8 Å². The van der Waals surface area contributed by atoms with E-state index in [-0.39, 0.29) is 23.5 Å². The first-order valence-electron chi connectivity index (χ1n) is 10.2. The van der Waals surface area contributed by atoms with Crippen LogP contribution >= 0.6 is 0 Å². The van der Waals surface area contributed by atoms with Crippen LogP contribution in [0.3, 0.4) is 0 Å². The van der Waals surface area contributed by atoms with Crippen LogP contribution < -0.4 is 0 Å². The number of Topliss-reactive ketones (excluding diaryl/α,β-unsaturated/α-hetero) is 1. The summed E-state index contributed by atoms with van der Waals surface area (Å²) in [7, 11) is 0. The second kappa shape index (κ2) is 10.4. The third-order valence-electron chi connectivity index (χ3n) is 6.11. The van der Waals surface area contributed by atoms with E-state index in [9.17, 15) is 19.8 Å². The largest absolute Gasteiger partial charge is 0.462 e. The maximum Gasteiger partial charge on any atom is 0.311 e. The van der Waals surface area contributed by atoms with Gasteiger partial charge in [-0.15, -0.1) is 0 Å². The number of cyclic esters (lactones) is 1. The van der Waals surface area contributed by atoms with Crippen LogP contribution in [0.25, 0.3) is 0 Å². The van der Waals surface area contributed by atoms with Gasteiger partial charge in [-0.25, -0.2) is 0 Å². The lowest BCUT2D eigenvalue weighted by atomic mass is 9.81. The second-order valence-electron chi connectivity index (χ2n) is 8.50. The SMILES string of the molecule is CCCC1OC(=O)C(C)C(O)C(C)CC(C)CCC(=O)C(C)C(O)C1C. The minimum atomic E-state index is -0.843. The van der Waals surface area contributed by atoms with E-state index < -0.39 is 36.1 Å². The molecule has 0 saturated carbocycles. The quantitative estimate of drug-likeness (QED) is 0.728. The van der Waals surface area contributed by atoms with E-state index in [4.69, 9.17) is 4.74 Å². The first kappa shape index (κ1) is 23.1. The predicted molar refractivity (Wildman–Crippen MR) is 101 cm³/mol. The van der Waals surface area contributed by atoms with Crippen LogP contribution in [0.15, 0.2) is 0 Å². The van der Waals surface area contributed by atoms with Crippen LogP contribution in [0.1, 0.15) is 73.6 Å². The van der Waals surface area contributed by atoms with Gasteiger partial charge in [0, 0.05) is 18.3 Å². The van der Waals surface area contributed by atoms with Crippen LogP contribution in [0, 0.1) is 29.6 Å². The number of ketones is 1. The van der Waals surface area contributed by atoms with Crippen molar-refractivity contribution >= 4 is 11.8 Å². The minimum Gasteiger partial charge on any atom is -0.462 e. The van der Waals surface area contributed by atoms with Crippen molar-refractivity contribution in [3.8, 4) is 0 Å². The smallest absolute Gasteiger partial charge is 0.311 e. The highest BCUT2D eigenvalue weighted by Crippen LogP contribution is 2.29. The predicted octanol–water partition coefficient (Wildman–Crippen LogP) is 3.35. The van der Waals surface area contributed by atoms with Crippen molar-refractivity contribution in [1.29, 1.82) is 0 Å².